The monoisotopic (exact) mass is 358 g/mol. The average Bonchev–Trinajstić information content (AvgIpc) is 2.67. The van der Waals surface area contributed by atoms with Crippen LogP contribution in [0.2, 0.25) is 0 Å². The van der Waals surface area contributed by atoms with E-state index in [0.29, 0.717) is 6.67 Å². The third-order valence-electron chi connectivity index (χ3n) is 5.10. The lowest BCUT2D eigenvalue weighted by atomic mass is 10.1. The van der Waals surface area contributed by atoms with Gasteiger partial charge < -0.3 is 20.5 Å². The smallest absolute Gasteiger partial charge is 0.151 e. The van der Waals surface area contributed by atoms with Gasteiger partial charge in [0.2, 0.25) is 0 Å². The molecule has 1 saturated heterocycles. The van der Waals surface area contributed by atoms with Crippen molar-refractivity contribution in [1.82, 2.24) is 10.3 Å². The van der Waals surface area contributed by atoms with Gasteiger partial charge in [-0.15, -0.1) is 0 Å². The highest BCUT2D eigenvalue weighted by atomic mass is 19.1. The topological polar surface area (TPSA) is 60.0 Å². The SMILES string of the molecule is CCc1cc(F)cc(-c2ccc(NC[N+](C)([O-])C3CCNCC3)cn2)c1. The van der Waals surface area contributed by atoms with Crippen molar-refractivity contribution < 1.29 is 9.04 Å². The number of anilines is 1. The zero-order valence-electron chi connectivity index (χ0n) is 15.5. The van der Waals surface area contributed by atoms with Crippen LogP contribution in [0.15, 0.2) is 36.5 Å². The Morgan fingerprint density at radius 2 is 2.04 bits per heavy atom. The highest BCUT2D eigenvalue weighted by Gasteiger charge is 2.26. The molecule has 2 heterocycles. The molecular weight excluding hydrogens is 331 g/mol. The summed E-state index contributed by atoms with van der Waals surface area (Å²) in [6.07, 6.45) is 4.28. The van der Waals surface area contributed by atoms with Crippen molar-refractivity contribution in [3.63, 3.8) is 0 Å². The number of hydroxylamine groups is 3. The second-order valence-corrected chi connectivity index (χ2v) is 7.12. The average molecular weight is 358 g/mol. The van der Waals surface area contributed by atoms with E-state index >= 15 is 0 Å². The molecule has 5 nitrogen and oxygen atoms in total. The van der Waals surface area contributed by atoms with Gasteiger partial charge >= 0.3 is 0 Å². The van der Waals surface area contributed by atoms with Gasteiger partial charge in [0.05, 0.1) is 30.7 Å². The number of aromatic nitrogens is 1. The number of benzene rings is 1. The van der Waals surface area contributed by atoms with E-state index < -0.39 is 0 Å². The summed E-state index contributed by atoms with van der Waals surface area (Å²) in [6.45, 7) is 4.12. The van der Waals surface area contributed by atoms with Gasteiger partial charge in [0.1, 0.15) is 5.82 Å². The molecule has 1 fully saturated rings. The minimum atomic E-state index is -0.298. The predicted molar refractivity (Wildman–Crippen MR) is 103 cm³/mol. The molecule has 2 N–H and O–H groups in total. The molecule has 0 spiro atoms. The van der Waals surface area contributed by atoms with Crippen molar-refractivity contribution in [2.45, 2.75) is 32.2 Å². The van der Waals surface area contributed by atoms with Crippen molar-refractivity contribution in [3.8, 4) is 11.3 Å². The summed E-state index contributed by atoms with van der Waals surface area (Å²) >= 11 is 0. The number of pyridine rings is 1. The minimum absolute atomic E-state index is 0.121. The maximum atomic E-state index is 13.7. The Bertz CT molecular complexity index is 727. The molecule has 1 atom stereocenters. The Hall–Kier alpha value is -2.02. The van der Waals surface area contributed by atoms with E-state index in [0.717, 1.165) is 54.9 Å². The van der Waals surface area contributed by atoms with Crippen LogP contribution in [0.5, 0.6) is 0 Å². The van der Waals surface area contributed by atoms with E-state index in [1.807, 2.05) is 25.1 Å². The molecule has 2 aromatic rings. The number of quaternary nitrogens is 1. The van der Waals surface area contributed by atoms with Gasteiger partial charge in [-0.2, -0.15) is 0 Å². The fourth-order valence-electron chi connectivity index (χ4n) is 3.40. The lowest BCUT2D eigenvalue weighted by Crippen LogP contribution is -2.53. The van der Waals surface area contributed by atoms with E-state index in [4.69, 9.17) is 0 Å². The van der Waals surface area contributed by atoms with Crippen LogP contribution in [0.3, 0.4) is 0 Å². The Labute approximate surface area is 154 Å². The highest BCUT2D eigenvalue weighted by Crippen LogP contribution is 2.23. The number of rotatable bonds is 6. The first-order chi connectivity index (χ1) is 12.5. The molecule has 0 radical (unpaired) electrons. The number of hydrogen-bond acceptors (Lipinski definition) is 4. The first-order valence-corrected chi connectivity index (χ1v) is 9.24. The summed E-state index contributed by atoms with van der Waals surface area (Å²) in [7, 11) is 1.73. The lowest BCUT2D eigenvalue weighted by molar-refractivity contribution is -0.884. The summed E-state index contributed by atoms with van der Waals surface area (Å²) in [6, 6.07) is 8.87. The summed E-state index contributed by atoms with van der Waals surface area (Å²) < 4.78 is 13.4. The third kappa shape index (κ3) is 4.58. The predicted octanol–water partition coefficient (Wildman–Crippen LogP) is 3.52. The van der Waals surface area contributed by atoms with E-state index in [9.17, 15) is 9.60 Å². The van der Waals surface area contributed by atoms with Crippen molar-refractivity contribution in [2.75, 3.05) is 32.1 Å². The second-order valence-electron chi connectivity index (χ2n) is 7.12. The normalized spacial score (nSPS) is 17.7. The second kappa shape index (κ2) is 8.12. The summed E-state index contributed by atoms with van der Waals surface area (Å²) in [4.78, 5) is 4.43. The molecule has 140 valence electrons. The van der Waals surface area contributed by atoms with Gasteiger partial charge in [0.15, 0.2) is 6.67 Å². The van der Waals surface area contributed by atoms with Crippen molar-refractivity contribution >= 4 is 5.69 Å². The van der Waals surface area contributed by atoms with Crippen LogP contribution in [0, 0.1) is 11.0 Å². The molecule has 1 aliphatic rings. The molecule has 1 aromatic carbocycles. The van der Waals surface area contributed by atoms with E-state index in [1.165, 1.54) is 6.07 Å². The number of halogens is 1. The van der Waals surface area contributed by atoms with Crippen LogP contribution < -0.4 is 10.6 Å². The summed E-state index contributed by atoms with van der Waals surface area (Å²) in [5.74, 6) is -0.246. The first-order valence-electron chi connectivity index (χ1n) is 9.24. The third-order valence-corrected chi connectivity index (χ3v) is 5.10. The Balaban J connectivity index is 1.65. The van der Waals surface area contributed by atoms with Gasteiger partial charge in [-0.25, -0.2) is 4.39 Å². The Morgan fingerprint density at radius 1 is 1.27 bits per heavy atom. The number of nitrogens with zero attached hydrogens (tertiary/aromatic N) is 2. The molecule has 0 bridgehead atoms. The Morgan fingerprint density at radius 3 is 2.69 bits per heavy atom. The molecular formula is C20H27FN4O. The largest absolute Gasteiger partial charge is 0.631 e. The highest BCUT2D eigenvalue weighted by molar-refractivity contribution is 5.62. The fourth-order valence-corrected chi connectivity index (χ4v) is 3.40. The minimum Gasteiger partial charge on any atom is -0.631 e. The molecule has 1 aliphatic heterocycles. The molecule has 26 heavy (non-hydrogen) atoms. The molecule has 0 saturated carbocycles. The number of aryl methyl sites for hydroxylation is 1. The first kappa shape index (κ1) is 18.8. The van der Waals surface area contributed by atoms with E-state index in [-0.39, 0.29) is 16.5 Å². The van der Waals surface area contributed by atoms with Crippen LogP contribution in [0.25, 0.3) is 11.3 Å². The molecule has 1 aromatic heterocycles. The van der Waals surface area contributed by atoms with Gasteiger partial charge in [-0.05, 0) is 42.3 Å². The molecule has 6 heteroatoms. The molecule has 0 aliphatic carbocycles. The quantitative estimate of drug-likeness (QED) is 0.471. The lowest BCUT2D eigenvalue weighted by Gasteiger charge is -2.47. The summed E-state index contributed by atoms with van der Waals surface area (Å²) in [5, 5.41) is 19.3. The fraction of sp³-hybridized carbons (Fsp3) is 0.450. The van der Waals surface area contributed by atoms with Gasteiger partial charge in [-0.3, -0.25) is 4.98 Å². The van der Waals surface area contributed by atoms with Crippen molar-refractivity contribution in [2.24, 2.45) is 0 Å². The zero-order chi connectivity index (χ0) is 18.6. The Kier molecular flexibility index (Phi) is 5.86. The molecule has 1 unspecified atom stereocenters. The van der Waals surface area contributed by atoms with E-state index in [2.05, 4.69) is 15.6 Å². The maximum Gasteiger partial charge on any atom is 0.151 e. The summed E-state index contributed by atoms with van der Waals surface area (Å²) in [5.41, 5.74) is 3.25. The molecule has 0 amide bonds. The number of hydrogen-bond donors (Lipinski definition) is 2. The van der Waals surface area contributed by atoms with Crippen molar-refractivity contribution in [1.29, 1.82) is 0 Å². The van der Waals surface area contributed by atoms with Gasteiger partial charge in [0, 0.05) is 31.5 Å². The van der Waals surface area contributed by atoms with Crippen molar-refractivity contribution in [3.05, 3.63) is 53.1 Å². The van der Waals surface area contributed by atoms with Gasteiger partial charge in [-0.1, -0.05) is 6.92 Å². The van der Waals surface area contributed by atoms with E-state index in [1.54, 1.807) is 19.3 Å². The molecule has 3 rings (SSSR count). The van der Waals surface area contributed by atoms with Gasteiger partial charge in [0.25, 0.3) is 0 Å². The number of nitrogens with one attached hydrogen (secondary N) is 2. The van der Waals surface area contributed by atoms with Crippen LogP contribution in [0.4, 0.5) is 10.1 Å². The number of piperidine rings is 1. The van der Waals surface area contributed by atoms with Crippen LogP contribution in [-0.4, -0.2) is 42.5 Å². The standard InChI is InChI=1S/C20H27FN4O/c1-3-15-10-16(12-17(21)11-15)20-5-4-18(13-23-20)24-14-25(2,26)19-6-8-22-9-7-19/h4-5,10-13,19,22,24H,3,6-9,14H2,1-2H3. The van der Waals surface area contributed by atoms with Crippen LogP contribution in [-0.2, 0) is 6.42 Å². The zero-order valence-corrected chi connectivity index (χ0v) is 15.5. The van der Waals surface area contributed by atoms with Crippen LogP contribution in [0.1, 0.15) is 25.3 Å². The maximum absolute atomic E-state index is 13.7. The van der Waals surface area contributed by atoms with Crippen LogP contribution >= 0.6 is 0 Å².